The number of hydrogen-bond donors (Lipinski definition) is 2. The van der Waals surface area contributed by atoms with Gasteiger partial charge in [-0.1, -0.05) is 48.0 Å². The third-order valence-electron chi connectivity index (χ3n) is 4.33. The molecule has 0 aliphatic heterocycles. The van der Waals surface area contributed by atoms with E-state index in [0.29, 0.717) is 21.7 Å². The Bertz CT molecular complexity index is 1040. The molecule has 0 radical (unpaired) electrons. The van der Waals surface area contributed by atoms with E-state index in [2.05, 4.69) is 10.6 Å². The zero-order valence-corrected chi connectivity index (χ0v) is 17.5. The molecule has 0 aliphatic rings. The van der Waals surface area contributed by atoms with Crippen LogP contribution in [-0.4, -0.2) is 30.9 Å². The molecule has 0 fully saturated rings. The van der Waals surface area contributed by atoms with Crippen LogP contribution in [0, 0.1) is 6.92 Å². The molecule has 30 heavy (non-hydrogen) atoms. The first kappa shape index (κ1) is 21.3. The van der Waals surface area contributed by atoms with Crippen molar-refractivity contribution in [3.63, 3.8) is 0 Å². The highest BCUT2D eigenvalue weighted by molar-refractivity contribution is 7.15. The molecule has 2 aromatic carbocycles. The number of ether oxygens (including phenoxy) is 1. The molecule has 0 aliphatic carbocycles. The Balaban J connectivity index is 1.76. The SMILES string of the molecule is CCOC(=O)c1c(-c2ccc(C)cc2)csc1NC(=O)CNC(=O)c1ccccc1. The van der Waals surface area contributed by atoms with E-state index in [0.717, 1.165) is 11.1 Å². The van der Waals surface area contributed by atoms with Gasteiger partial charge in [-0.25, -0.2) is 4.79 Å². The van der Waals surface area contributed by atoms with E-state index in [4.69, 9.17) is 4.74 Å². The van der Waals surface area contributed by atoms with E-state index in [-0.39, 0.29) is 19.1 Å². The summed E-state index contributed by atoms with van der Waals surface area (Å²) in [6.45, 7) is 3.72. The average molecular weight is 423 g/mol. The van der Waals surface area contributed by atoms with Crippen molar-refractivity contribution in [1.29, 1.82) is 0 Å². The first-order valence-electron chi connectivity index (χ1n) is 9.48. The topological polar surface area (TPSA) is 84.5 Å². The second-order valence-corrected chi connectivity index (χ2v) is 7.42. The molecule has 3 rings (SSSR count). The van der Waals surface area contributed by atoms with E-state index >= 15 is 0 Å². The van der Waals surface area contributed by atoms with Crippen molar-refractivity contribution in [2.75, 3.05) is 18.5 Å². The number of benzene rings is 2. The van der Waals surface area contributed by atoms with Crippen LogP contribution in [0.1, 0.15) is 33.2 Å². The molecule has 2 amide bonds. The van der Waals surface area contributed by atoms with Crippen molar-refractivity contribution in [3.05, 3.63) is 76.7 Å². The van der Waals surface area contributed by atoms with Crippen LogP contribution < -0.4 is 10.6 Å². The summed E-state index contributed by atoms with van der Waals surface area (Å²) in [6, 6.07) is 16.4. The molecule has 6 nitrogen and oxygen atoms in total. The van der Waals surface area contributed by atoms with Crippen molar-refractivity contribution in [2.45, 2.75) is 13.8 Å². The molecule has 0 unspecified atom stereocenters. The van der Waals surface area contributed by atoms with Crippen molar-refractivity contribution >= 4 is 34.1 Å². The highest BCUT2D eigenvalue weighted by Gasteiger charge is 2.23. The maximum atomic E-state index is 12.6. The zero-order valence-electron chi connectivity index (χ0n) is 16.7. The van der Waals surface area contributed by atoms with Crippen LogP contribution in [0.3, 0.4) is 0 Å². The van der Waals surface area contributed by atoms with E-state index < -0.39 is 11.9 Å². The molecular weight excluding hydrogens is 400 g/mol. The molecule has 0 atom stereocenters. The number of amides is 2. The minimum Gasteiger partial charge on any atom is -0.462 e. The summed E-state index contributed by atoms with van der Waals surface area (Å²) in [5, 5.41) is 7.50. The maximum Gasteiger partial charge on any atom is 0.341 e. The summed E-state index contributed by atoms with van der Waals surface area (Å²) in [5.74, 6) is -1.28. The Morgan fingerprint density at radius 2 is 1.70 bits per heavy atom. The minimum absolute atomic E-state index is 0.215. The monoisotopic (exact) mass is 422 g/mol. The Morgan fingerprint density at radius 3 is 2.37 bits per heavy atom. The Morgan fingerprint density at radius 1 is 1.00 bits per heavy atom. The van der Waals surface area contributed by atoms with Crippen LogP contribution in [-0.2, 0) is 9.53 Å². The number of esters is 1. The van der Waals surface area contributed by atoms with Crippen LogP contribution in [0.5, 0.6) is 0 Å². The number of carbonyl (C=O) groups is 3. The van der Waals surface area contributed by atoms with E-state index in [9.17, 15) is 14.4 Å². The van der Waals surface area contributed by atoms with Gasteiger partial charge in [-0.3, -0.25) is 9.59 Å². The number of rotatable bonds is 7. The van der Waals surface area contributed by atoms with Crippen LogP contribution in [0.4, 0.5) is 5.00 Å². The zero-order chi connectivity index (χ0) is 21.5. The molecule has 0 saturated heterocycles. The Kier molecular flexibility index (Phi) is 6.98. The van der Waals surface area contributed by atoms with Gasteiger partial charge in [-0.15, -0.1) is 11.3 Å². The largest absolute Gasteiger partial charge is 0.462 e. The predicted molar refractivity (Wildman–Crippen MR) is 118 cm³/mol. The lowest BCUT2D eigenvalue weighted by molar-refractivity contribution is -0.115. The third-order valence-corrected chi connectivity index (χ3v) is 5.23. The first-order chi connectivity index (χ1) is 14.5. The lowest BCUT2D eigenvalue weighted by atomic mass is 10.0. The van der Waals surface area contributed by atoms with Crippen LogP contribution >= 0.6 is 11.3 Å². The Hall–Kier alpha value is -3.45. The number of thiophene rings is 1. The summed E-state index contributed by atoms with van der Waals surface area (Å²) in [6.07, 6.45) is 0. The summed E-state index contributed by atoms with van der Waals surface area (Å²) in [4.78, 5) is 37.1. The van der Waals surface area contributed by atoms with Crippen LogP contribution in [0.15, 0.2) is 60.0 Å². The third kappa shape index (κ3) is 5.12. The van der Waals surface area contributed by atoms with Gasteiger partial charge in [-0.05, 0) is 31.5 Å². The molecule has 7 heteroatoms. The van der Waals surface area contributed by atoms with Crippen molar-refractivity contribution < 1.29 is 19.1 Å². The number of carbonyl (C=O) groups excluding carboxylic acids is 3. The average Bonchev–Trinajstić information content (AvgIpc) is 3.17. The van der Waals surface area contributed by atoms with Crippen LogP contribution in [0.2, 0.25) is 0 Å². The van der Waals surface area contributed by atoms with E-state index in [1.165, 1.54) is 11.3 Å². The first-order valence-corrected chi connectivity index (χ1v) is 10.4. The number of anilines is 1. The maximum absolute atomic E-state index is 12.6. The highest BCUT2D eigenvalue weighted by atomic mass is 32.1. The molecule has 0 saturated carbocycles. The predicted octanol–water partition coefficient (Wildman–Crippen LogP) is 4.27. The van der Waals surface area contributed by atoms with E-state index in [1.807, 2.05) is 42.6 Å². The summed E-state index contributed by atoms with van der Waals surface area (Å²) in [5.41, 5.74) is 3.44. The quantitative estimate of drug-likeness (QED) is 0.557. The molecular formula is C23H22N2O4S. The van der Waals surface area contributed by atoms with Crippen LogP contribution in [0.25, 0.3) is 11.1 Å². The molecule has 2 N–H and O–H groups in total. The standard InChI is InChI=1S/C23H22N2O4S/c1-3-29-23(28)20-18(16-11-9-15(2)10-12-16)14-30-22(20)25-19(26)13-24-21(27)17-7-5-4-6-8-17/h4-12,14H,3,13H2,1-2H3,(H,24,27)(H,25,26). The molecule has 1 heterocycles. The normalized spacial score (nSPS) is 10.3. The van der Waals surface area contributed by atoms with Crippen molar-refractivity contribution in [2.24, 2.45) is 0 Å². The summed E-state index contributed by atoms with van der Waals surface area (Å²) >= 11 is 1.24. The molecule has 1 aromatic heterocycles. The fourth-order valence-electron chi connectivity index (χ4n) is 2.82. The second kappa shape index (κ2) is 9.84. The Labute approximate surface area is 178 Å². The fourth-order valence-corrected chi connectivity index (χ4v) is 3.80. The van der Waals surface area contributed by atoms with Gasteiger partial charge in [0.2, 0.25) is 5.91 Å². The highest BCUT2D eigenvalue weighted by Crippen LogP contribution is 2.36. The van der Waals surface area contributed by atoms with Gasteiger partial charge >= 0.3 is 5.97 Å². The lowest BCUT2D eigenvalue weighted by Gasteiger charge is -2.10. The number of aryl methyl sites for hydroxylation is 1. The number of hydrogen-bond acceptors (Lipinski definition) is 5. The lowest BCUT2D eigenvalue weighted by Crippen LogP contribution is -2.33. The van der Waals surface area contributed by atoms with Gasteiger partial charge < -0.3 is 15.4 Å². The van der Waals surface area contributed by atoms with Gasteiger partial charge in [-0.2, -0.15) is 0 Å². The van der Waals surface area contributed by atoms with Gasteiger partial charge in [0, 0.05) is 16.5 Å². The van der Waals surface area contributed by atoms with Crippen molar-refractivity contribution in [1.82, 2.24) is 5.32 Å². The molecule has 3 aromatic rings. The second-order valence-electron chi connectivity index (χ2n) is 6.54. The van der Waals surface area contributed by atoms with E-state index in [1.54, 1.807) is 31.2 Å². The summed E-state index contributed by atoms with van der Waals surface area (Å²) < 4.78 is 5.20. The minimum atomic E-state index is -0.502. The van der Waals surface area contributed by atoms with Crippen molar-refractivity contribution in [3.8, 4) is 11.1 Å². The van der Waals surface area contributed by atoms with Gasteiger partial charge in [0.15, 0.2) is 0 Å². The van der Waals surface area contributed by atoms with Gasteiger partial charge in [0.05, 0.1) is 13.2 Å². The van der Waals surface area contributed by atoms with Gasteiger partial charge in [0.1, 0.15) is 10.6 Å². The molecule has 0 bridgehead atoms. The molecule has 0 spiro atoms. The fraction of sp³-hybridized carbons (Fsp3) is 0.174. The molecule has 154 valence electrons. The smallest absolute Gasteiger partial charge is 0.341 e. The van der Waals surface area contributed by atoms with Gasteiger partial charge in [0.25, 0.3) is 5.91 Å². The summed E-state index contributed by atoms with van der Waals surface area (Å²) in [7, 11) is 0. The number of nitrogens with one attached hydrogen (secondary N) is 2.